The maximum atomic E-state index is 12.9. The molecule has 1 atom stereocenters. The Morgan fingerprint density at radius 3 is 2.78 bits per heavy atom. The number of hydrogen-bond donors (Lipinski definition) is 2. The van der Waals surface area contributed by atoms with E-state index < -0.39 is 0 Å². The van der Waals surface area contributed by atoms with Gasteiger partial charge in [0, 0.05) is 42.8 Å². The highest BCUT2D eigenvalue weighted by Gasteiger charge is 2.50. The lowest BCUT2D eigenvalue weighted by atomic mass is 9.83. The van der Waals surface area contributed by atoms with E-state index >= 15 is 0 Å². The molecule has 1 aromatic heterocycles. The van der Waals surface area contributed by atoms with E-state index in [2.05, 4.69) is 22.0 Å². The number of hydrogen-bond acceptors (Lipinski definition) is 5. The number of nitrogens with two attached hydrogens (primary N) is 1. The molecule has 1 unspecified atom stereocenters. The number of aromatic nitrogens is 1. The maximum Gasteiger partial charge on any atom is 0.237 e. The summed E-state index contributed by atoms with van der Waals surface area (Å²) in [6.07, 6.45) is 1.69. The van der Waals surface area contributed by atoms with Gasteiger partial charge in [-0.3, -0.25) is 9.69 Å². The van der Waals surface area contributed by atoms with Crippen LogP contribution in [-0.4, -0.2) is 67.1 Å². The number of ether oxygens (including phenoxy) is 2. The summed E-state index contributed by atoms with van der Waals surface area (Å²) in [6, 6.07) is 16.0. The minimum Gasteiger partial charge on any atom is -0.497 e. The van der Waals surface area contributed by atoms with E-state index in [0.29, 0.717) is 13.2 Å². The van der Waals surface area contributed by atoms with Gasteiger partial charge >= 0.3 is 0 Å². The number of benzene rings is 2. The summed E-state index contributed by atoms with van der Waals surface area (Å²) in [5, 5.41) is 1.18. The van der Waals surface area contributed by atoms with Crippen LogP contribution < -0.4 is 15.2 Å². The van der Waals surface area contributed by atoms with Crippen molar-refractivity contribution in [2.75, 3.05) is 46.4 Å². The molecule has 32 heavy (non-hydrogen) atoms. The van der Waals surface area contributed by atoms with Gasteiger partial charge in [0.1, 0.15) is 18.1 Å². The first-order chi connectivity index (χ1) is 15.6. The number of nitrogens with zero attached hydrogens (tertiary/aromatic N) is 2. The van der Waals surface area contributed by atoms with Gasteiger partial charge in [0.05, 0.1) is 19.2 Å². The lowest BCUT2D eigenvalue weighted by molar-refractivity contribution is -0.137. The lowest BCUT2D eigenvalue weighted by Crippen LogP contribution is -2.56. The van der Waals surface area contributed by atoms with Crippen molar-refractivity contribution in [3.05, 3.63) is 59.8 Å². The summed E-state index contributed by atoms with van der Waals surface area (Å²) >= 11 is 0. The summed E-state index contributed by atoms with van der Waals surface area (Å²) in [6.45, 7) is 3.81. The molecule has 7 nitrogen and oxygen atoms in total. The number of para-hydroxylation sites is 1. The number of amides is 1. The number of rotatable bonds is 6. The molecule has 3 heterocycles. The molecule has 1 fully saturated rings. The van der Waals surface area contributed by atoms with Gasteiger partial charge in [-0.2, -0.15) is 0 Å². The fourth-order valence-electron chi connectivity index (χ4n) is 5.35. The monoisotopic (exact) mass is 434 g/mol. The molecule has 0 aliphatic carbocycles. The second kappa shape index (κ2) is 8.48. The molecule has 1 saturated heterocycles. The number of likely N-dealkylation sites (tertiary alicyclic amines) is 1. The topological polar surface area (TPSA) is 83.8 Å². The van der Waals surface area contributed by atoms with Crippen LogP contribution in [0.15, 0.2) is 48.5 Å². The third-order valence-corrected chi connectivity index (χ3v) is 6.90. The molecular weight excluding hydrogens is 404 g/mol. The standard InChI is InChI=1S/C25H30N4O3/c1-31-19-7-8-22-21(15-19)20-9-11-29(23(30)16-26)25(24(20)27-22)10-12-28(17-25)13-14-32-18-5-3-2-4-6-18/h2-8,15,27H,9-14,16-17,26H2,1H3. The Morgan fingerprint density at radius 1 is 1.16 bits per heavy atom. The largest absolute Gasteiger partial charge is 0.497 e. The molecule has 1 spiro atoms. The van der Waals surface area contributed by atoms with Crippen molar-refractivity contribution >= 4 is 16.8 Å². The zero-order chi connectivity index (χ0) is 22.1. The van der Waals surface area contributed by atoms with Crippen LogP contribution in [0.4, 0.5) is 0 Å². The summed E-state index contributed by atoms with van der Waals surface area (Å²) < 4.78 is 11.4. The first-order valence-corrected chi connectivity index (χ1v) is 11.2. The van der Waals surface area contributed by atoms with E-state index in [1.165, 1.54) is 10.9 Å². The van der Waals surface area contributed by atoms with Gasteiger partial charge in [0.15, 0.2) is 0 Å². The van der Waals surface area contributed by atoms with E-state index in [0.717, 1.165) is 55.2 Å². The van der Waals surface area contributed by atoms with E-state index in [4.69, 9.17) is 15.2 Å². The fraction of sp³-hybridized carbons (Fsp3) is 0.400. The average Bonchev–Trinajstić information content (AvgIpc) is 3.42. The third-order valence-electron chi connectivity index (χ3n) is 6.90. The third kappa shape index (κ3) is 3.51. The van der Waals surface area contributed by atoms with Crippen LogP contribution in [0.5, 0.6) is 11.5 Å². The first-order valence-electron chi connectivity index (χ1n) is 11.2. The van der Waals surface area contributed by atoms with Crippen molar-refractivity contribution in [3.8, 4) is 11.5 Å². The van der Waals surface area contributed by atoms with Gasteiger partial charge in [-0.25, -0.2) is 0 Å². The van der Waals surface area contributed by atoms with Gasteiger partial charge < -0.3 is 25.1 Å². The second-order valence-corrected chi connectivity index (χ2v) is 8.61. The van der Waals surface area contributed by atoms with Crippen LogP contribution in [0.1, 0.15) is 17.7 Å². The summed E-state index contributed by atoms with van der Waals surface area (Å²) in [4.78, 5) is 21.0. The van der Waals surface area contributed by atoms with Crippen molar-refractivity contribution in [2.45, 2.75) is 18.4 Å². The predicted octanol–water partition coefficient (Wildman–Crippen LogP) is 2.50. The Labute approximate surface area is 188 Å². The molecule has 2 aromatic carbocycles. The van der Waals surface area contributed by atoms with Crippen LogP contribution in [-0.2, 0) is 16.8 Å². The van der Waals surface area contributed by atoms with Gasteiger partial charge in [0.2, 0.25) is 5.91 Å². The molecule has 168 valence electrons. The van der Waals surface area contributed by atoms with E-state index in [1.807, 2.05) is 41.3 Å². The van der Waals surface area contributed by atoms with Gasteiger partial charge in [0.25, 0.3) is 0 Å². The van der Waals surface area contributed by atoms with Crippen molar-refractivity contribution in [1.29, 1.82) is 0 Å². The molecule has 0 radical (unpaired) electrons. The molecule has 2 aliphatic heterocycles. The molecular formula is C25H30N4O3. The normalized spacial score (nSPS) is 20.6. The first kappa shape index (κ1) is 20.8. The van der Waals surface area contributed by atoms with Crippen molar-refractivity contribution < 1.29 is 14.3 Å². The van der Waals surface area contributed by atoms with Crippen LogP contribution in [0.2, 0.25) is 0 Å². The van der Waals surface area contributed by atoms with Crippen LogP contribution in [0.3, 0.4) is 0 Å². The SMILES string of the molecule is COc1ccc2[nH]c3c(c2c1)CCN(C(=O)CN)C31CCN(CCOc2ccccc2)C1. The second-order valence-electron chi connectivity index (χ2n) is 8.61. The molecule has 2 aliphatic rings. The van der Waals surface area contributed by atoms with Gasteiger partial charge in [-0.05, 0) is 48.7 Å². The van der Waals surface area contributed by atoms with E-state index in [9.17, 15) is 4.79 Å². The molecule has 7 heteroatoms. The van der Waals surface area contributed by atoms with Crippen molar-refractivity contribution in [3.63, 3.8) is 0 Å². The molecule has 3 N–H and O–H groups in total. The number of aromatic amines is 1. The highest BCUT2D eigenvalue weighted by atomic mass is 16.5. The summed E-state index contributed by atoms with van der Waals surface area (Å²) in [7, 11) is 1.69. The molecule has 0 saturated carbocycles. The molecule has 0 bridgehead atoms. The average molecular weight is 435 g/mol. The van der Waals surface area contributed by atoms with Crippen LogP contribution in [0, 0.1) is 0 Å². The number of carbonyl (C=O) groups is 1. The Kier molecular flexibility index (Phi) is 5.53. The Bertz CT molecular complexity index is 1110. The molecule has 3 aromatic rings. The number of H-pyrrole nitrogens is 1. The van der Waals surface area contributed by atoms with Crippen molar-refractivity contribution in [2.24, 2.45) is 5.73 Å². The minimum absolute atomic E-state index is 0.00859. The fourth-order valence-corrected chi connectivity index (χ4v) is 5.35. The molecule has 1 amide bonds. The maximum absolute atomic E-state index is 12.9. The quantitative estimate of drug-likeness (QED) is 0.623. The number of nitrogens with one attached hydrogen (secondary N) is 1. The number of methoxy groups -OCH3 is 1. The van der Waals surface area contributed by atoms with E-state index in [-0.39, 0.29) is 18.0 Å². The zero-order valence-electron chi connectivity index (χ0n) is 18.5. The van der Waals surface area contributed by atoms with Gasteiger partial charge in [-0.1, -0.05) is 18.2 Å². The summed E-state index contributed by atoms with van der Waals surface area (Å²) in [5.41, 5.74) is 8.96. The van der Waals surface area contributed by atoms with Crippen LogP contribution >= 0.6 is 0 Å². The smallest absolute Gasteiger partial charge is 0.237 e. The lowest BCUT2D eigenvalue weighted by Gasteiger charge is -2.44. The predicted molar refractivity (Wildman–Crippen MR) is 124 cm³/mol. The van der Waals surface area contributed by atoms with Crippen molar-refractivity contribution in [1.82, 2.24) is 14.8 Å². The van der Waals surface area contributed by atoms with Gasteiger partial charge in [-0.15, -0.1) is 0 Å². The Hall–Kier alpha value is -3.03. The highest BCUT2D eigenvalue weighted by molar-refractivity contribution is 5.88. The number of fused-ring (bicyclic) bond motifs is 4. The van der Waals surface area contributed by atoms with E-state index in [1.54, 1.807) is 7.11 Å². The minimum atomic E-state index is -0.386. The zero-order valence-corrected chi connectivity index (χ0v) is 18.5. The highest BCUT2D eigenvalue weighted by Crippen LogP contribution is 2.45. The Balaban J connectivity index is 1.43. The summed E-state index contributed by atoms with van der Waals surface area (Å²) in [5.74, 6) is 1.74. The Morgan fingerprint density at radius 2 is 2.00 bits per heavy atom. The molecule has 5 rings (SSSR count). The number of carbonyl (C=O) groups excluding carboxylic acids is 1. The van der Waals surface area contributed by atoms with Crippen LogP contribution in [0.25, 0.3) is 10.9 Å².